The van der Waals surface area contributed by atoms with Crippen molar-refractivity contribution in [2.45, 2.75) is 62.1 Å². The summed E-state index contributed by atoms with van der Waals surface area (Å²) in [6, 6.07) is 0. The smallest absolute Gasteiger partial charge is 0.0864 e. The maximum atomic E-state index is 6.29. The Morgan fingerprint density at radius 1 is 0.684 bits per heavy atom. The minimum absolute atomic E-state index is 0.281. The van der Waals surface area contributed by atoms with Gasteiger partial charge in [0.25, 0.3) is 0 Å². The lowest BCUT2D eigenvalue weighted by atomic mass is 9.89. The first-order chi connectivity index (χ1) is 9.27. The van der Waals surface area contributed by atoms with Gasteiger partial charge in [-0.1, -0.05) is 25.7 Å². The van der Waals surface area contributed by atoms with Crippen molar-refractivity contribution in [1.29, 1.82) is 0 Å². The minimum Gasteiger partial charge on any atom is -0.473 e. The summed E-state index contributed by atoms with van der Waals surface area (Å²) in [6.07, 6.45) is 17.5. The Kier molecular flexibility index (Phi) is 6.59. The molecular formula is C16H24Cl2O. The summed E-state index contributed by atoms with van der Waals surface area (Å²) >= 11 is 12.6. The summed E-state index contributed by atoms with van der Waals surface area (Å²) in [6.45, 7) is 0. The van der Waals surface area contributed by atoms with Crippen LogP contribution in [0.2, 0.25) is 0 Å². The van der Waals surface area contributed by atoms with E-state index < -0.39 is 0 Å². The van der Waals surface area contributed by atoms with Gasteiger partial charge in [-0.3, -0.25) is 0 Å². The zero-order valence-electron chi connectivity index (χ0n) is 11.4. The second-order valence-corrected chi connectivity index (χ2v) is 6.84. The third kappa shape index (κ3) is 5.04. The quantitative estimate of drug-likeness (QED) is 0.483. The summed E-state index contributed by atoms with van der Waals surface area (Å²) in [7, 11) is 0. The third-order valence-electron chi connectivity index (χ3n) is 4.27. The van der Waals surface area contributed by atoms with Crippen LogP contribution in [0.4, 0.5) is 0 Å². The first-order valence-corrected chi connectivity index (χ1v) is 8.41. The highest BCUT2D eigenvalue weighted by Gasteiger charge is 2.21. The lowest BCUT2D eigenvalue weighted by Gasteiger charge is -2.24. The van der Waals surface area contributed by atoms with Crippen LogP contribution in [0.5, 0.6) is 0 Å². The van der Waals surface area contributed by atoms with Crippen molar-refractivity contribution in [3.63, 3.8) is 0 Å². The molecule has 0 N–H and O–H groups in total. The molecule has 0 aromatic heterocycles. The second-order valence-electron chi connectivity index (χ2n) is 5.72. The van der Waals surface area contributed by atoms with Gasteiger partial charge in [-0.2, -0.15) is 0 Å². The van der Waals surface area contributed by atoms with Crippen LogP contribution in [0, 0.1) is 11.8 Å². The Morgan fingerprint density at radius 3 is 1.53 bits per heavy atom. The third-order valence-corrected chi connectivity index (χ3v) is 5.36. The highest BCUT2D eigenvalue weighted by atomic mass is 35.5. The number of alkyl halides is 2. The fourth-order valence-corrected chi connectivity index (χ4v) is 3.73. The van der Waals surface area contributed by atoms with Gasteiger partial charge in [-0.25, -0.2) is 0 Å². The van der Waals surface area contributed by atoms with Gasteiger partial charge >= 0.3 is 0 Å². The fourth-order valence-electron chi connectivity index (χ4n) is 3.00. The zero-order valence-corrected chi connectivity index (χ0v) is 13.0. The van der Waals surface area contributed by atoms with Crippen LogP contribution < -0.4 is 0 Å². The maximum Gasteiger partial charge on any atom is 0.0864 e. The molecule has 19 heavy (non-hydrogen) atoms. The molecule has 4 unspecified atom stereocenters. The van der Waals surface area contributed by atoms with E-state index in [1.54, 1.807) is 12.5 Å². The van der Waals surface area contributed by atoms with Crippen LogP contribution in [0.1, 0.15) is 51.4 Å². The van der Waals surface area contributed by atoms with Gasteiger partial charge in [0, 0.05) is 10.8 Å². The van der Waals surface area contributed by atoms with Crippen molar-refractivity contribution < 1.29 is 4.74 Å². The van der Waals surface area contributed by atoms with Gasteiger partial charge in [0.15, 0.2) is 0 Å². The number of rotatable bonds is 4. The second kappa shape index (κ2) is 8.21. The van der Waals surface area contributed by atoms with Gasteiger partial charge in [0.1, 0.15) is 0 Å². The van der Waals surface area contributed by atoms with Crippen molar-refractivity contribution in [1.82, 2.24) is 0 Å². The number of halogens is 2. The van der Waals surface area contributed by atoms with Gasteiger partial charge in [-0.15, -0.1) is 23.2 Å². The standard InChI is InChI=1S/C16H24Cl2O/c17-15-7-3-1-5-13(15)9-11-19-12-10-14-6-2-4-8-16(14)18/h9-16H,1-8H2. The van der Waals surface area contributed by atoms with Crippen molar-refractivity contribution in [3.8, 4) is 0 Å². The van der Waals surface area contributed by atoms with Gasteiger partial charge < -0.3 is 4.74 Å². The lowest BCUT2D eigenvalue weighted by Crippen LogP contribution is -2.17. The molecule has 1 nitrogen and oxygen atoms in total. The molecule has 2 aliphatic rings. The van der Waals surface area contributed by atoms with Crippen LogP contribution in [0.3, 0.4) is 0 Å². The van der Waals surface area contributed by atoms with E-state index in [2.05, 4.69) is 12.2 Å². The zero-order chi connectivity index (χ0) is 13.5. The van der Waals surface area contributed by atoms with Crippen molar-refractivity contribution in [3.05, 3.63) is 24.7 Å². The van der Waals surface area contributed by atoms with E-state index in [0.717, 1.165) is 12.8 Å². The molecular weight excluding hydrogens is 279 g/mol. The van der Waals surface area contributed by atoms with Crippen LogP contribution >= 0.6 is 23.2 Å². The summed E-state index contributed by atoms with van der Waals surface area (Å²) in [5, 5.41) is 0.561. The van der Waals surface area contributed by atoms with E-state index in [4.69, 9.17) is 27.9 Å². The summed E-state index contributed by atoms with van der Waals surface area (Å²) in [5.74, 6) is 0.943. The van der Waals surface area contributed by atoms with E-state index in [-0.39, 0.29) is 10.8 Å². The molecule has 2 rings (SSSR count). The Hall–Kier alpha value is -0.140. The van der Waals surface area contributed by atoms with E-state index in [1.165, 1.54) is 38.5 Å². The van der Waals surface area contributed by atoms with Crippen LogP contribution in [-0.4, -0.2) is 10.8 Å². The predicted molar refractivity (Wildman–Crippen MR) is 82.6 cm³/mol. The average Bonchev–Trinajstić information content (AvgIpc) is 2.42. The molecule has 0 amide bonds. The van der Waals surface area contributed by atoms with Crippen LogP contribution in [0.25, 0.3) is 0 Å². The maximum absolute atomic E-state index is 6.29. The molecule has 108 valence electrons. The first-order valence-electron chi connectivity index (χ1n) is 7.54. The molecule has 0 bridgehead atoms. The molecule has 0 aromatic carbocycles. The summed E-state index contributed by atoms with van der Waals surface area (Å²) < 4.78 is 5.46. The van der Waals surface area contributed by atoms with E-state index >= 15 is 0 Å². The number of hydrogen-bond acceptors (Lipinski definition) is 1. The van der Waals surface area contributed by atoms with Crippen molar-refractivity contribution >= 4 is 23.2 Å². The molecule has 4 atom stereocenters. The molecule has 0 aliphatic heterocycles. The topological polar surface area (TPSA) is 9.23 Å². The highest BCUT2D eigenvalue weighted by Crippen LogP contribution is 2.30. The average molecular weight is 303 g/mol. The van der Waals surface area contributed by atoms with E-state index in [1.807, 2.05) is 0 Å². The highest BCUT2D eigenvalue weighted by molar-refractivity contribution is 6.21. The van der Waals surface area contributed by atoms with Gasteiger partial charge in [-0.05, 0) is 49.7 Å². The molecule has 3 heteroatoms. The molecule has 0 heterocycles. The predicted octanol–water partition coefficient (Wildman–Crippen LogP) is 5.63. The lowest BCUT2D eigenvalue weighted by molar-refractivity contribution is 0.366. The monoisotopic (exact) mass is 302 g/mol. The molecule has 2 aliphatic carbocycles. The van der Waals surface area contributed by atoms with Crippen molar-refractivity contribution in [2.24, 2.45) is 11.8 Å². The van der Waals surface area contributed by atoms with Gasteiger partial charge in [0.2, 0.25) is 0 Å². The number of ether oxygens (including phenoxy) is 1. The Morgan fingerprint density at radius 2 is 1.11 bits per heavy atom. The first kappa shape index (κ1) is 15.3. The normalized spacial score (nSPS) is 36.9. The van der Waals surface area contributed by atoms with Crippen LogP contribution in [0.15, 0.2) is 24.7 Å². The SMILES string of the molecule is ClC1CCCCC1C=COC=CC1CCCCC1Cl. The Bertz CT molecular complexity index is 284. The number of hydrogen-bond donors (Lipinski definition) is 0. The fraction of sp³-hybridized carbons (Fsp3) is 0.750. The van der Waals surface area contributed by atoms with E-state index in [0.29, 0.717) is 11.8 Å². The largest absolute Gasteiger partial charge is 0.473 e. The summed E-state index contributed by atoms with van der Waals surface area (Å²) in [5.41, 5.74) is 0. The Labute approximate surface area is 127 Å². The molecule has 2 saturated carbocycles. The Balaban J connectivity index is 1.70. The van der Waals surface area contributed by atoms with Gasteiger partial charge in [0.05, 0.1) is 12.5 Å². The summed E-state index contributed by atoms with van der Waals surface area (Å²) in [4.78, 5) is 0. The van der Waals surface area contributed by atoms with E-state index in [9.17, 15) is 0 Å². The molecule has 0 aromatic rings. The molecule has 0 saturated heterocycles. The molecule has 2 fully saturated rings. The minimum atomic E-state index is 0.281. The van der Waals surface area contributed by atoms with Crippen LogP contribution in [-0.2, 0) is 4.74 Å². The number of allylic oxidation sites excluding steroid dienone is 2. The van der Waals surface area contributed by atoms with Crippen molar-refractivity contribution in [2.75, 3.05) is 0 Å². The molecule has 0 spiro atoms. The molecule has 0 radical (unpaired) electrons.